The predicted molar refractivity (Wildman–Crippen MR) is 121 cm³/mol. The highest BCUT2D eigenvalue weighted by Crippen LogP contribution is 2.47. The summed E-state index contributed by atoms with van der Waals surface area (Å²) < 4.78 is 32.9. The summed E-state index contributed by atoms with van der Waals surface area (Å²) in [6.45, 7) is 0.833. The Balaban J connectivity index is 1.40. The molecule has 1 aliphatic heterocycles. The first-order chi connectivity index (χ1) is 15.3. The lowest BCUT2D eigenvalue weighted by molar-refractivity contribution is -0.142. The van der Waals surface area contributed by atoms with E-state index in [1.165, 1.54) is 5.56 Å². The van der Waals surface area contributed by atoms with Crippen molar-refractivity contribution in [1.29, 1.82) is 5.26 Å². The lowest BCUT2D eigenvalue weighted by Gasteiger charge is -2.42. The number of nitrogens with zero attached hydrogens (tertiary/aromatic N) is 2. The minimum Gasteiger partial charge on any atom is -0.376 e. The summed E-state index contributed by atoms with van der Waals surface area (Å²) in [7, 11) is -3.42. The van der Waals surface area contributed by atoms with Crippen LogP contribution in [0.5, 0.6) is 0 Å². The number of ether oxygens (including phenoxy) is 1. The number of amides is 1. The van der Waals surface area contributed by atoms with Crippen LogP contribution in [0.3, 0.4) is 0 Å². The van der Waals surface area contributed by atoms with Crippen molar-refractivity contribution < 1.29 is 17.9 Å². The number of rotatable bonds is 7. The zero-order valence-electron chi connectivity index (χ0n) is 18.7. The molecule has 7 nitrogen and oxygen atoms in total. The van der Waals surface area contributed by atoms with Crippen LogP contribution in [0.15, 0.2) is 30.3 Å². The molecule has 1 aromatic rings. The number of piperidine rings is 1. The molecule has 0 unspecified atom stereocenters. The van der Waals surface area contributed by atoms with Crippen LogP contribution in [0.4, 0.5) is 0 Å². The molecule has 3 fully saturated rings. The van der Waals surface area contributed by atoms with E-state index < -0.39 is 21.5 Å². The minimum absolute atomic E-state index is 0.110. The van der Waals surface area contributed by atoms with Crippen molar-refractivity contribution in [2.24, 2.45) is 5.41 Å². The lowest BCUT2D eigenvalue weighted by Crippen LogP contribution is -2.60. The number of nitriles is 1. The second-order valence-electron chi connectivity index (χ2n) is 9.62. The first kappa shape index (κ1) is 23.2. The molecule has 0 radical (unpaired) electrons. The van der Waals surface area contributed by atoms with Gasteiger partial charge in [0.05, 0.1) is 31.1 Å². The van der Waals surface area contributed by atoms with E-state index in [0.29, 0.717) is 44.8 Å². The van der Waals surface area contributed by atoms with Gasteiger partial charge >= 0.3 is 0 Å². The maximum atomic E-state index is 13.2. The summed E-state index contributed by atoms with van der Waals surface area (Å²) in [6.07, 6.45) is 7.81. The third kappa shape index (κ3) is 5.33. The molecule has 0 bridgehead atoms. The molecule has 1 heterocycles. The van der Waals surface area contributed by atoms with Gasteiger partial charge in [0.15, 0.2) is 0 Å². The molecule has 1 aromatic carbocycles. The van der Waals surface area contributed by atoms with Gasteiger partial charge in [-0.15, -0.1) is 0 Å². The van der Waals surface area contributed by atoms with Crippen molar-refractivity contribution in [1.82, 2.24) is 9.62 Å². The standard InChI is InChI=1S/C24H33N3O4S/c1-32(29,30)26-21-8-5-15-27(23(28)24(17-25)13-14-24)22(21)16-31-20-11-9-19(10-12-20)18-6-3-2-4-7-18/h2-4,6-7,19-22,26H,5,8-16H2,1H3/t19?,20?,21-,22-/m0/s1. The van der Waals surface area contributed by atoms with Crippen molar-refractivity contribution >= 4 is 15.9 Å². The van der Waals surface area contributed by atoms with Crippen LogP contribution in [0.2, 0.25) is 0 Å². The first-order valence-corrected chi connectivity index (χ1v) is 13.6. The van der Waals surface area contributed by atoms with Crippen LogP contribution in [0, 0.1) is 16.7 Å². The Morgan fingerprint density at radius 3 is 2.47 bits per heavy atom. The van der Waals surface area contributed by atoms with Gasteiger partial charge in [-0.2, -0.15) is 5.26 Å². The predicted octanol–water partition coefficient (Wildman–Crippen LogP) is 2.94. The Morgan fingerprint density at radius 1 is 1.19 bits per heavy atom. The van der Waals surface area contributed by atoms with Crippen LogP contribution < -0.4 is 4.72 Å². The molecule has 2 saturated carbocycles. The average molecular weight is 460 g/mol. The van der Waals surface area contributed by atoms with Gasteiger partial charge < -0.3 is 9.64 Å². The van der Waals surface area contributed by atoms with E-state index in [9.17, 15) is 18.5 Å². The minimum atomic E-state index is -3.42. The molecule has 8 heteroatoms. The fraction of sp³-hybridized carbons (Fsp3) is 0.667. The molecule has 1 N–H and O–H groups in total. The molecule has 0 spiro atoms. The van der Waals surface area contributed by atoms with E-state index in [1.54, 1.807) is 4.90 Å². The molecule has 2 atom stereocenters. The summed E-state index contributed by atoms with van der Waals surface area (Å²) in [5, 5.41) is 9.51. The molecule has 32 heavy (non-hydrogen) atoms. The highest BCUT2D eigenvalue weighted by molar-refractivity contribution is 7.88. The van der Waals surface area contributed by atoms with Crippen molar-refractivity contribution in [3.05, 3.63) is 35.9 Å². The van der Waals surface area contributed by atoms with E-state index in [-0.39, 0.29) is 18.1 Å². The fourth-order valence-electron chi connectivity index (χ4n) is 5.22. The van der Waals surface area contributed by atoms with Gasteiger partial charge in [-0.05, 0) is 62.8 Å². The Morgan fingerprint density at radius 2 is 1.88 bits per heavy atom. The number of hydrogen-bond acceptors (Lipinski definition) is 5. The zero-order valence-corrected chi connectivity index (χ0v) is 19.5. The van der Waals surface area contributed by atoms with Gasteiger partial charge in [-0.3, -0.25) is 4.79 Å². The first-order valence-electron chi connectivity index (χ1n) is 11.7. The van der Waals surface area contributed by atoms with Crippen LogP contribution in [0.25, 0.3) is 0 Å². The maximum Gasteiger partial charge on any atom is 0.243 e. The molecule has 0 aromatic heterocycles. The topological polar surface area (TPSA) is 99.5 Å². The van der Waals surface area contributed by atoms with Gasteiger partial charge in [0.25, 0.3) is 0 Å². The third-order valence-electron chi connectivity index (χ3n) is 7.23. The summed E-state index contributed by atoms with van der Waals surface area (Å²) >= 11 is 0. The fourth-order valence-corrected chi connectivity index (χ4v) is 6.05. The Hall–Kier alpha value is -1.95. The Labute approximate surface area is 191 Å². The summed E-state index contributed by atoms with van der Waals surface area (Å²) in [5.74, 6) is 0.384. The molecular formula is C24H33N3O4S. The van der Waals surface area contributed by atoms with Gasteiger partial charge in [-0.1, -0.05) is 30.3 Å². The van der Waals surface area contributed by atoms with Crippen molar-refractivity contribution in [2.75, 3.05) is 19.4 Å². The monoisotopic (exact) mass is 459 g/mol. The molecular weight excluding hydrogens is 426 g/mol. The third-order valence-corrected chi connectivity index (χ3v) is 7.96. The summed E-state index contributed by atoms with van der Waals surface area (Å²) in [5.41, 5.74) is 0.456. The molecule has 4 rings (SSSR count). The molecule has 1 saturated heterocycles. The average Bonchev–Trinajstić information content (AvgIpc) is 3.59. The summed E-state index contributed by atoms with van der Waals surface area (Å²) in [6, 6.07) is 12.0. The van der Waals surface area contributed by atoms with E-state index in [4.69, 9.17) is 4.74 Å². The maximum absolute atomic E-state index is 13.2. The van der Waals surface area contributed by atoms with E-state index in [1.807, 2.05) is 6.07 Å². The zero-order chi connectivity index (χ0) is 22.8. The van der Waals surface area contributed by atoms with Gasteiger partial charge in [0.2, 0.25) is 15.9 Å². The normalized spacial score (nSPS) is 29.8. The highest BCUT2D eigenvalue weighted by Gasteiger charge is 2.54. The van der Waals surface area contributed by atoms with Gasteiger partial charge in [0, 0.05) is 12.6 Å². The molecule has 1 amide bonds. The number of carbonyl (C=O) groups excluding carboxylic acids is 1. The number of benzene rings is 1. The van der Waals surface area contributed by atoms with Crippen molar-refractivity contribution in [3.63, 3.8) is 0 Å². The van der Waals surface area contributed by atoms with E-state index in [0.717, 1.165) is 31.9 Å². The molecule has 174 valence electrons. The lowest BCUT2D eigenvalue weighted by atomic mass is 9.83. The smallest absolute Gasteiger partial charge is 0.243 e. The molecule has 3 aliphatic rings. The van der Waals surface area contributed by atoms with Crippen molar-refractivity contribution in [2.45, 2.75) is 75.5 Å². The Bertz CT molecular complexity index is 947. The van der Waals surface area contributed by atoms with Crippen LogP contribution in [0.1, 0.15) is 62.8 Å². The SMILES string of the molecule is CS(=O)(=O)N[C@H]1CCCN(C(=O)C2(C#N)CC2)[C@H]1COC1CCC(c2ccccc2)CC1. The molecule has 2 aliphatic carbocycles. The number of sulfonamides is 1. The number of likely N-dealkylation sites (tertiary alicyclic amines) is 1. The van der Waals surface area contributed by atoms with Crippen LogP contribution in [-0.4, -0.2) is 56.8 Å². The second-order valence-corrected chi connectivity index (χ2v) is 11.4. The number of carbonyl (C=O) groups is 1. The highest BCUT2D eigenvalue weighted by atomic mass is 32.2. The van der Waals surface area contributed by atoms with Crippen LogP contribution >= 0.6 is 0 Å². The van der Waals surface area contributed by atoms with Crippen LogP contribution in [-0.2, 0) is 19.6 Å². The number of hydrogen-bond donors (Lipinski definition) is 1. The Kier molecular flexibility index (Phi) is 6.89. The second kappa shape index (κ2) is 9.50. The van der Waals surface area contributed by atoms with Gasteiger partial charge in [-0.25, -0.2) is 13.1 Å². The quantitative estimate of drug-likeness (QED) is 0.676. The van der Waals surface area contributed by atoms with Gasteiger partial charge in [0.1, 0.15) is 5.41 Å². The number of nitrogens with one attached hydrogen (secondary N) is 1. The largest absolute Gasteiger partial charge is 0.376 e. The van der Waals surface area contributed by atoms with E-state index in [2.05, 4.69) is 35.1 Å². The van der Waals surface area contributed by atoms with E-state index >= 15 is 0 Å². The summed E-state index contributed by atoms with van der Waals surface area (Å²) in [4.78, 5) is 14.9. The van der Waals surface area contributed by atoms with Crippen molar-refractivity contribution in [3.8, 4) is 6.07 Å².